The van der Waals surface area contributed by atoms with Crippen LogP contribution in [0.15, 0.2) is 35.2 Å². The summed E-state index contributed by atoms with van der Waals surface area (Å²) in [4.78, 5) is 0. The van der Waals surface area contributed by atoms with Crippen LogP contribution in [0.2, 0.25) is 0 Å². The van der Waals surface area contributed by atoms with Gasteiger partial charge in [0, 0.05) is 11.1 Å². The van der Waals surface area contributed by atoms with E-state index in [0.29, 0.717) is 0 Å². The van der Waals surface area contributed by atoms with E-state index in [-0.39, 0.29) is 0 Å². The van der Waals surface area contributed by atoms with Crippen LogP contribution in [0.4, 0.5) is 0 Å². The van der Waals surface area contributed by atoms with Crippen molar-refractivity contribution in [2.24, 2.45) is 0 Å². The number of aromatic amines is 1. The van der Waals surface area contributed by atoms with E-state index in [1.165, 1.54) is 0 Å². The zero-order chi connectivity index (χ0) is 9.38. The fourth-order valence-corrected chi connectivity index (χ4v) is 1.44. The van der Waals surface area contributed by atoms with Crippen molar-refractivity contribution in [1.29, 1.82) is 0 Å². The molecule has 0 radical (unpaired) electrons. The van der Waals surface area contributed by atoms with Crippen LogP contribution in [-0.2, 0) is 0 Å². The number of aromatic nitrogens is 4. The molecule has 0 atom stereocenters. The highest BCUT2D eigenvalue weighted by molar-refractivity contribution is 5.90. The smallest absolute Gasteiger partial charge is 0.131 e. The molecule has 0 amide bonds. The van der Waals surface area contributed by atoms with Crippen molar-refractivity contribution < 1.29 is 4.52 Å². The Hall–Kier alpha value is -2.17. The van der Waals surface area contributed by atoms with Gasteiger partial charge in [-0.25, -0.2) is 0 Å². The van der Waals surface area contributed by atoms with E-state index in [9.17, 15) is 0 Å². The Morgan fingerprint density at radius 2 is 2.21 bits per heavy atom. The predicted octanol–water partition coefficient (Wildman–Crippen LogP) is 1.61. The Morgan fingerprint density at radius 3 is 3.07 bits per heavy atom. The maximum absolute atomic E-state index is 4.79. The molecule has 0 saturated carbocycles. The largest absolute Gasteiger partial charge is 0.364 e. The second kappa shape index (κ2) is 2.66. The predicted molar refractivity (Wildman–Crippen MR) is 49.4 cm³/mol. The molecule has 5 heteroatoms. The highest BCUT2D eigenvalue weighted by Gasteiger charge is 2.07. The van der Waals surface area contributed by atoms with Gasteiger partial charge in [-0.3, -0.25) is 0 Å². The van der Waals surface area contributed by atoms with Gasteiger partial charge in [0.2, 0.25) is 0 Å². The number of H-pyrrole nitrogens is 1. The summed E-state index contributed by atoms with van der Waals surface area (Å²) in [5, 5.41) is 14.3. The first-order chi connectivity index (χ1) is 6.95. The molecule has 0 spiro atoms. The van der Waals surface area contributed by atoms with Crippen LogP contribution in [0.25, 0.3) is 22.2 Å². The number of fused-ring (bicyclic) bond motifs is 1. The summed E-state index contributed by atoms with van der Waals surface area (Å²) >= 11 is 0. The molecule has 0 fully saturated rings. The molecule has 3 aromatic rings. The van der Waals surface area contributed by atoms with E-state index in [1.807, 2.05) is 18.2 Å². The van der Waals surface area contributed by atoms with Crippen LogP contribution < -0.4 is 0 Å². The first-order valence-corrected chi connectivity index (χ1v) is 4.14. The molecule has 5 nitrogen and oxygen atoms in total. The Morgan fingerprint density at radius 1 is 1.21 bits per heavy atom. The number of nitrogens with zero attached hydrogens (tertiary/aromatic N) is 3. The summed E-state index contributed by atoms with van der Waals surface area (Å²) in [6.07, 6.45) is 3.24. The van der Waals surface area contributed by atoms with Gasteiger partial charge >= 0.3 is 0 Å². The van der Waals surface area contributed by atoms with Crippen LogP contribution in [0, 0.1) is 0 Å². The summed E-state index contributed by atoms with van der Waals surface area (Å²) in [6.45, 7) is 0. The number of hydrogen-bond acceptors (Lipinski definition) is 4. The van der Waals surface area contributed by atoms with Gasteiger partial charge in [0.15, 0.2) is 0 Å². The third-order valence-corrected chi connectivity index (χ3v) is 2.09. The quantitative estimate of drug-likeness (QED) is 0.626. The molecule has 1 aromatic carbocycles. The molecule has 2 aromatic heterocycles. The minimum atomic E-state index is 0.829. The zero-order valence-corrected chi connectivity index (χ0v) is 7.14. The van der Waals surface area contributed by atoms with E-state index in [2.05, 4.69) is 20.6 Å². The Kier molecular flexibility index (Phi) is 1.38. The van der Waals surface area contributed by atoms with Crippen LogP contribution in [0.3, 0.4) is 0 Å². The average molecular weight is 186 g/mol. The summed E-state index contributed by atoms with van der Waals surface area (Å²) in [7, 11) is 0. The van der Waals surface area contributed by atoms with E-state index >= 15 is 0 Å². The van der Waals surface area contributed by atoms with Gasteiger partial charge in [-0.15, -0.1) is 0 Å². The zero-order valence-electron chi connectivity index (χ0n) is 7.14. The molecule has 14 heavy (non-hydrogen) atoms. The molecule has 0 aliphatic carbocycles. The molecular weight excluding hydrogens is 180 g/mol. The first-order valence-electron chi connectivity index (χ1n) is 4.14. The number of benzene rings is 1. The van der Waals surface area contributed by atoms with Gasteiger partial charge in [-0.05, 0) is 6.07 Å². The highest BCUT2D eigenvalue weighted by atomic mass is 16.5. The molecule has 0 aliphatic rings. The van der Waals surface area contributed by atoms with Crippen molar-refractivity contribution in [1.82, 2.24) is 20.6 Å². The molecule has 0 bridgehead atoms. The van der Waals surface area contributed by atoms with E-state index in [4.69, 9.17) is 4.52 Å². The highest BCUT2D eigenvalue weighted by Crippen LogP contribution is 2.24. The number of rotatable bonds is 1. The third-order valence-electron chi connectivity index (χ3n) is 2.09. The van der Waals surface area contributed by atoms with E-state index in [1.54, 1.807) is 12.5 Å². The Bertz CT molecular complexity index is 555. The number of para-hydroxylation sites is 1. The maximum atomic E-state index is 4.79. The van der Waals surface area contributed by atoms with Gasteiger partial charge < -0.3 is 4.52 Å². The van der Waals surface area contributed by atoms with Gasteiger partial charge in [0.1, 0.15) is 17.3 Å². The molecule has 0 unspecified atom stereocenters. The van der Waals surface area contributed by atoms with Crippen LogP contribution >= 0.6 is 0 Å². The number of nitrogens with one attached hydrogen (secondary N) is 1. The first kappa shape index (κ1) is 7.25. The van der Waals surface area contributed by atoms with E-state index < -0.39 is 0 Å². The van der Waals surface area contributed by atoms with E-state index in [0.717, 1.165) is 22.2 Å². The standard InChI is InChI=1S/C9H6N4O/c1-2-7(6-4-10-14-5-6)9-8(3-1)11-13-12-9/h1-5H,(H,11,12,13). The lowest BCUT2D eigenvalue weighted by atomic mass is 10.1. The fourth-order valence-electron chi connectivity index (χ4n) is 1.44. The summed E-state index contributed by atoms with van der Waals surface area (Å²) in [5.41, 5.74) is 3.54. The lowest BCUT2D eigenvalue weighted by Crippen LogP contribution is -1.77. The van der Waals surface area contributed by atoms with Crippen LogP contribution in [0.1, 0.15) is 0 Å². The Labute approximate surface area is 78.7 Å². The molecular formula is C9H6N4O. The summed E-state index contributed by atoms with van der Waals surface area (Å²) < 4.78 is 4.79. The summed E-state index contributed by atoms with van der Waals surface area (Å²) in [6, 6.07) is 5.78. The fraction of sp³-hybridized carbons (Fsp3) is 0. The van der Waals surface area contributed by atoms with Crippen LogP contribution in [-0.4, -0.2) is 20.6 Å². The molecule has 3 rings (SSSR count). The van der Waals surface area contributed by atoms with Crippen LogP contribution in [0.5, 0.6) is 0 Å². The lowest BCUT2D eigenvalue weighted by Gasteiger charge is -1.94. The normalized spacial score (nSPS) is 10.9. The molecule has 1 N–H and O–H groups in total. The molecule has 2 heterocycles. The molecule has 0 aliphatic heterocycles. The molecule has 68 valence electrons. The topological polar surface area (TPSA) is 67.6 Å². The SMILES string of the molecule is c1cc(-c2cnoc2)c2n[nH]nc2c1. The molecule has 0 saturated heterocycles. The average Bonchev–Trinajstić information content (AvgIpc) is 2.88. The Balaban J connectivity index is 2.36. The van der Waals surface area contributed by atoms with Gasteiger partial charge in [-0.1, -0.05) is 17.3 Å². The lowest BCUT2D eigenvalue weighted by molar-refractivity contribution is 0.420. The van der Waals surface area contributed by atoms with Gasteiger partial charge in [0.05, 0.1) is 6.20 Å². The van der Waals surface area contributed by atoms with Crippen molar-refractivity contribution in [3.8, 4) is 11.1 Å². The van der Waals surface area contributed by atoms with Crippen molar-refractivity contribution in [2.75, 3.05) is 0 Å². The maximum Gasteiger partial charge on any atom is 0.131 e. The minimum absolute atomic E-state index is 0.829. The second-order valence-corrected chi connectivity index (χ2v) is 2.91. The van der Waals surface area contributed by atoms with Gasteiger partial charge in [0.25, 0.3) is 0 Å². The van der Waals surface area contributed by atoms with Crippen molar-refractivity contribution in [2.45, 2.75) is 0 Å². The van der Waals surface area contributed by atoms with Crippen molar-refractivity contribution in [3.63, 3.8) is 0 Å². The number of hydrogen-bond donors (Lipinski definition) is 1. The third kappa shape index (κ3) is 0.922. The second-order valence-electron chi connectivity index (χ2n) is 2.91. The minimum Gasteiger partial charge on any atom is -0.364 e. The summed E-state index contributed by atoms with van der Waals surface area (Å²) in [5.74, 6) is 0. The van der Waals surface area contributed by atoms with Crippen molar-refractivity contribution >= 4 is 11.0 Å². The monoisotopic (exact) mass is 186 g/mol. The van der Waals surface area contributed by atoms with Gasteiger partial charge in [-0.2, -0.15) is 15.4 Å². The van der Waals surface area contributed by atoms with Crippen molar-refractivity contribution in [3.05, 3.63) is 30.7 Å².